The van der Waals surface area contributed by atoms with Crippen molar-refractivity contribution in [2.24, 2.45) is 0 Å². The van der Waals surface area contributed by atoms with E-state index in [1.165, 1.54) is 4.31 Å². The van der Waals surface area contributed by atoms with Crippen LogP contribution >= 0.6 is 0 Å². The molecule has 2 amide bonds. The Kier molecular flexibility index (Phi) is 7.28. The van der Waals surface area contributed by atoms with Crippen LogP contribution < -0.4 is 5.32 Å². The van der Waals surface area contributed by atoms with Gasteiger partial charge in [-0.15, -0.1) is 0 Å². The maximum absolute atomic E-state index is 13.0. The van der Waals surface area contributed by atoms with E-state index in [0.717, 1.165) is 5.56 Å². The lowest BCUT2D eigenvalue weighted by Crippen LogP contribution is -2.50. The quantitative estimate of drug-likeness (QED) is 0.686. The van der Waals surface area contributed by atoms with E-state index >= 15 is 0 Å². The van der Waals surface area contributed by atoms with Crippen molar-refractivity contribution in [1.82, 2.24) is 14.4 Å². The monoisotopic (exact) mass is 476 g/mol. The van der Waals surface area contributed by atoms with E-state index in [4.69, 9.17) is 4.52 Å². The molecular weight excluding hydrogens is 444 g/mol. The number of amides is 2. The Labute approximate surface area is 195 Å². The maximum atomic E-state index is 13.0. The molecule has 10 heteroatoms. The van der Waals surface area contributed by atoms with Crippen molar-refractivity contribution in [3.63, 3.8) is 0 Å². The van der Waals surface area contributed by atoms with E-state index in [9.17, 15) is 18.0 Å². The number of carbonyl (C=O) groups excluding carboxylic acids is 2. The van der Waals surface area contributed by atoms with Crippen molar-refractivity contribution in [1.29, 1.82) is 0 Å². The lowest BCUT2D eigenvalue weighted by atomic mass is 9.93. The SMILES string of the molecule is Cc1ccc(C)c(S(=O)(=O)N2CCN(C(=O)CCC(=O)Nc3cc(C(C)(C)C)on3)CC2)c1. The third kappa shape index (κ3) is 6.00. The Hall–Kier alpha value is -2.72. The third-order valence-corrected chi connectivity index (χ3v) is 7.68. The molecule has 0 spiro atoms. The molecule has 0 radical (unpaired) electrons. The van der Waals surface area contributed by atoms with Gasteiger partial charge in [-0.2, -0.15) is 4.31 Å². The van der Waals surface area contributed by atoms with Gasteiger partial charge in [0, 0.05) is 50.5 Å². The summed E-state index contributed by atoms with van der Waals surface area (Å²) in [5.74, 6) is 0.475. The van der Waals surface area contributed by atoms with Crippen molar-refractivity contribution in [2.75, 3.05) is 31.5 Å². The Bertz CT molecular complexity index is 1130. The molecule has 2 aromatic rings. The van der Waals surface area contributed by atoms with Gasteiger partial charge in [0.2, 0.25) is 21.8 Å². The van der Waals surface area contributed by atoms with Gasteiger partial charge in [-0.1, -0.05) is 38.1 Å². The third-order valence-electron chi connectivity index (χ3n) is 5.64. The number of benzene rings is 1. The summed E-state index contributed by atoms with van der Waals surface area (Å²) in [6, 6.07) is 7.04. The first kappa shape index (κ1) is 24.9. The highest BCUT2D eigenvalue weighted by Gasteiger charge is 2.31. The van der Waals surface area contributed by atoms with Gasteiger partial charge in [-0.25, -0.2) is 8.42 Å². The van der Waals surface area contributed by atoms with E-state index in [0.29, 0.717) is 35.1 Å². The first-order valence-electron chi connectivity index (χ1n) is 11.0. The molecule has 1 N–H and O–H groups in total. The molecule has 1 fully saturated rings. The van der Waals surface area contributed by atoms with Gasteiger partial charge in [0.05, 0.1) is 4.90 Å². The van der Waals surface area contributed by atoms with Crippen LogP contribution in [0, 0.1) is 13.8 Å². The second-order valence-corrected chi connectivity index (χ2v) is 11.3. The number of sulfonamides is 1. The van der Waals surface area contributed by atoms with E-state index in [-0.39, 0.29) is 43.2 Å². The molecule has 0 saturated carbocycles. The maximum Gasteiger partial charge on any atom is 0.243 e. The van der Waals surface area contributed by atoms with Crippen LogP contribution in [0.3, 0.4) is 0 Å². The van der Waals surface area contributed by atoms with Crippen molar-refractivity contribution in [3.05, 3.63) is 41.2 Å². The minimum Gasteiger partial charge on any atom is -0.359 e. The van der Waals surface area contributed by atoms with Gasteiger partial charge >= 0.3 is 0 Å². The zero-order valence-corrected chi connectivity index (χ0v) is 20.7. The Balaban J connectivity index is 1.50. The number of aryl methyl sites for hydroxylation is 2. The standard InChI is InChI=1S/C23H32N4O5S/c1-16-6-7-17(2)18(14-16)33(30,31)27-12-10-26(11-13-27)22(29)9-8-21(28)24-20-15-19(32-25-20)23(3,4)5/h6-7,14-15H,8-13H2,1-5H3,(H,24,25,28). The molecule has 9 nitrogen and oxygen atoms in total. The van der Waals surface area contributed by atoms with Crippen molar-refractivity contribution in [3.8, 4) is 0 Å². The summed E-state index contributed by atoms with van der Waals surface area (Å²) >= 11 is 0. The number of anilines is 1. The summed E-state index contributed by atoms with van der Waals surface area (Å²) in [7, 11) is -3.62. The second-order valence-electron chi connectivity index (χ2n) is 9.43. The fourth-order valence-electron chi connectivity index (χ4n) is 3.57. The average molecular weight is 477 g/mol. The Morgan fingerprint density at radius 1 is 1.06 bits per heavy atom. The fraction of sp³-hybridized carbons (Fsp3) is 0.522. The summed E-state index contributed by atoms with van der Waals surface area (Å²) in [4.78, 5) is 26.7. The average Bonchev–Trinajstić information content (AvgIpc) is 3.22. The number of hydrogen-bond donors (Lipinski definition) is 1. The molecule has 0 bridgehead atoms. The van der Waals surface area contributed by atoms with E-state index in [1.54, 1.807) is 30.0 Å². The van der Waals surface area contributed by atoms with E-state index in [2.05, 4.69) is 10.5 Å². The van der Waals surface area contributed by atoms with E-state index < -0.39 is 10.0 Å². The highest BCUT2D eigenvalue weighted by molar-refractivity contribution is 7.89. The summed E-state index contributed by atoms with van der Waals surface area (Å²) in [6.45, 7) is 10.6. The lowest BCUT2D eigenvalue weighted by Gasteiger charge is -2.34. The summed E-state index contributed by atoms with van der Waals surface area (Å²) in [6.07, 6.45) is 0.0527. The molecule has 1 aliphatic rings. The second kappa shape index (κ2) is 9.64. The largest absolute Gasteiger partial charge is 0.359 e. The van der Waals surface area contributed by atoms with Crippen molar-refractivity contribution >= 4 is 27.7 Å². The van der Waals surface area contributed by atoms with Crippen molar-refractivity contribution in [2.45, 2.75) is 57.8 Å². The summed E-state index contributed by atoms with van der Waals surface area (Å²) in [5, 5.41) is 6.49. The molecule has 1 aromatic heterocycles. The van der Waals surface area contributed by atoms with Crippen LogP contribution in [0.25, 0.3) is 0 Å². The highest BCUT2D eigenvalue weighted by atomic mass is 32.2. The molecule has 1 aromatic carbocycles. The minimum atomic E-state index is -3.62. The van der Waals surface area contributed by atoms with Gasteiger partial charge in [-0.3, -0.25) is 9.59 Å². The Morgan fingerprint density at radius 2 is 1.73 bits per heavy atom. The Morgan fingerprint density at radius 3 is 2.33 bits per heavy atom. The zero-order chi connectivity index (χ0) is 24.4. The van der Waals surface area contributed by atoms with Gasteiger partial charge in [0.25, 0.3) is 0 Å². The van der Waals surface area contributed by atoms with Crippen LogP contribution in [-0.2, 0) is 25.0 Å². The molecular formula is C23H32N4O5S. The highest BCUT2D eigenvalue weighted by Crippen LogP contribution is 2.25. The van der Waals surface area contributed by atoms with Gasteiger partial charge < -0.3 is 14.7 Å². The minimum absolute atomic E-state index is 0.0115. The van der Waals surface area contributed by atoms with Crippen LogP contribution in [0.2, 0.25) is 0 Å². The zero-order valence-electron chi connectivity index (χ0n) is 19.8. The normalized spacial score (nSPS) is 15.5. The lowest BCUT2D eigenvalue weighted by molar-refractivity contribution is -0.133. The fourth-order valence-corrected chi connectivity index (χ4v) is 5.31. The van der Waals surface area contributed by atoms with Gasteiger partial charge in [0.1, 0.15) is 5.76 Å². The molecule has 3 rings (SSSR count). The molecule has 0 unspecified atom stereocenters. The predicted octanol–water partition coefficient (Wildman–Crippen LogP) is 2.84. The van der Waals surface area contributed by atoms with Crippen LogP contribution in [0.1, 0.15) is 50.5 Å². The number of nitrogens with one attached hydrogen (secondary N) is 1. The molecule has 0 atom stereocenters. The number of nitrogens with zero attached hydrogens (tertiary/aromatic N) is 3. The summed E-state index contributed by atoms with van der Waals surface area (Å²) < 4.78 is 32.7. The molecule has 1 aliphatic heterocycles. The molecule has 180 valence electrons. The summed E-state index contributed by atoms with van der Waals surface area (Å²) in [5.41, 5.74) is 1.36. The van der Waals surface area contributed by atoms with Crippen LogP contribution in [0.15, 0.2) is 33.7 Å². The predicted molar refractivity (Wildman–Crippen MR) is 124 cm³/mol. The van der Waals surface area contributed by atoms with Gasteiger partial charge in [0.15, 0.2) is 5.82 Å². The molecule has 33 heavy (non-hydrogen) atoms. The molecule has 0 aliphatic carbocycles. The van der Waals surface area contributed by atoms with Crippen molar-refractivity contribution < 1.29 is 22.5 Å². The molecule has 2 heterocycles. The van der Waals surface area contributed by atoms with Crippen LogP contribution in [0.5, 0.6) is 0 Å². The number of piperazine rings is 1. The smallest absolute Gasteiger partial charge is 0.243 e. The topological polar surface area (TPSA) is 113 Å². The molecule has 1 saturated heterocycles. The number of aromatic nitrogens is 1. The first-order chi connectivity index (χ1) is 15.4. The van der Waals surface area contributed by atoms with Crippen LogP contribution in [-0.4, -0.2) is 60.8 Å². The number of rotatable bonds is 6. The van der Waals surface area contributed by atoms with Gasteiger partial charge in [-0.05, 0) is 31.0 Å². The first-order valence-corrected chi connectivity index (χ1v) is 12.4. The van der Waals surface area contributed by atoms with E-state index in [1.807, 2.05) is 33.8 Å². The number of hydrogen-bond acceptors (Lipinski definition) is 6. The number of carbonyl (C=O) groups is 2. The van der Waals surface area contributed by atoms with Crippen LogP contribution in [0.4, 0.5) is 5.82 Å².